The van der Waals surface area contributed by atoms with Crippen LogP contribution in [0, 0.1) is 0 Å². The first kappa shape index (κ1) is 14.3. The second-order valence-corrected chi connectivity index (χ2v) is 5.59. The van der Waals surface area contributed by atoms with Gasteiger partial charge >= 0.3 is 5.97 Å². The Balaban J connectivity index is 1.85. The zero-order chi connectivity index (χ0) is 14.8. The van der Waals surface area contributed by atoms with Crippen molar-refractivity contribution in [1.29, 1.82) is 0 Å². The molecule has 0 radical (unpaired) electrons. The molecular weight excluding hydrogens is 290 g/mol. The molecule has 3 rings (SSSR count). The van der Waals surface area contributed by atoms with E-state index in [-0.39, 0.29) is 0 Å². The smallest absolute Gasteiger partial charge is 0.334 e. The van der Waals surface area contributed by atoms with Crippen LogP contribution in [-0.2, 0) is 16.1 Å². The molecular formula is C16H16ClNO3. The molecule has 1 saturated heterocycles. The maximum Gasteiger partial charge on any atom is 0.334 e. The van der Waals surface area contributed by atoms with Crippen molar-refractivity contribution in [3.8, 4) is 0 Å². The Labute approximate surface area is 127 Å². The van der Waals surface area contributed by atoms with Gasteiger partial charge in [0.25, 0.3) is 0 Å². The minimum absolute atomic E-state index is 0.409. The lowest BCUT2D eigenvalue weighted by Crippen LogP contribution is -2.45. The fourth-order valence-corrected chi connectivity index (χ4v) is 2.93. The van der Waals surface area contributed by atoms with E-state index >= 15 is 0 Å². The van der Waals surface area contributed by atoms with Crippen LogP contribution >= 0.6 is 11.6 Å². The summed E-state index contributed by atoms with van der Waals surface area (Å²) >= 11 is 6.23. The summed E-state index contributed by atoms with van der Waals surface area (Å²) in [6.07, 6.45) is -0.739. The number of halogens is 1. The normalized spacial score (nSPS) is 19.8. The quantitative estimate of drug-likeness (QED) is 0.947. The molecule has 1 atom stereocenters. The summed E-state index contributed by atoms with van der Waals surface area (Å²) in [5, 5.41) is 11.9. The molecule has 1 aliphatic rings. The van der Waals surface area contributed by atoms with Crippen LogP contribution in [0.3, 0.4) is 0 Å². The topological polar surface area (TPSA) is 49.8 Å². The largest absolute Gasteiger partial charge is 0.479 e. The second-order valence-electron chi connectivity index (χ2n) is 5.18. The molecule has 2 aromatic rings. The molecule has 0 amide bonds. The number of morpholine rings is 1. The van der Waals surface area contributed by atoms with Gasteiger partial charge in [-0.15, -0.1) is 0 Å². The number of carboxylic acids is 1. The van der Waals surface area contributed by atoms with Crippen molar-refractivity contribution in [1.82, 2.24) is 4.90 Å². The Morgan fingerprint density at radius 3 is 2.81 bits per heavy atom. The summed E-state index contributed by atoms with van der Waals surface area (Å²) in [5.74, 6) is -0.902. The zero-order valence-electron chi connectivity index (χ0n) is 11.5. The molecule has 1 N–H and O–H groups in total. The van der Waals surface area contributed by atoms with Crippen LogP contribution in [0.15, 0.2) is 36.4 Å². The average molecular weight is 306 g/mol. The summed E-state index contributed by atoms with van der Waals surface area (Å²) in [6, 6.07) is 11.9. The summed E-state index contributed by atoms with van der Waals surface area (Å²) in [6.45, 7) is 2.29. The summed E-state index contributed by atoms with van der Waals surface area (Å²) < 4.78 is 5.25. The van der Waals surface area contributed by atoms with E-state index in [9.17, 15) is 4.79 Å². The average Bonchev–Trinajstić information content (AvgIpc) is 2.51. The van der Waals surface area contributed by atoms with E-state index in [1.165, 1.54) is 0 Å². The maximum atomic E-state index is 11.0. The van der Waals surface area contributed by atoms with Crippen LogP contribution in [0.4, 0.5) is 0 Å². The third-order valence-corrected chi connectivity index (χ3v) is 4.11. The predicted octanol–water partition coefficient (Wildman–Crippen LogP) is 2.78. The van der Waals surface area contributed by atoms with E-state index in [4.69, 9.17) is 21.4 Å². The van der Waals surface area contributed by atoms with Crippen LogP contribution < -0.4 is 0 Å². The van der Waals surface area contributed by atoms with Crippen LogP contribution in [0.2, 0.25) is 5.02 Å². The highest BCUT2D eigenvalue weighted by molar-refractivity contribution is 6.35. The molecule has 1 fully saturated rings. The van der Waals surface area contributed by atoms with E-state index in [0.717, 1.165) is 27.9 Å². The molecule has 4 nitrogen and oxygen atoms in total. The first-order chi connectivity index (χ1) is 10.1. The highest BCUT2D eigenvalue weighted by Gasteiger charge is 2.26. The van der Waals surface area contributed by atoms with Crippen molar-refractivity contribution in [3.63, 3.8) is 0 Å². The van der Waals surface area contributed by atoms with Crippen LogP contribution in [-0.4, -0.2) is 41.8 Å². The van der Waals surface area contributed by atoms with E-state index in [1.807, 2.05) is 36.4 Å². The van der Waals surface area contributed by atoms with Crippen molar-refractivity contribution < 1.29 is 14.6 Å². The summed E-state index contributed by atoms with van der Waals surface area (Å²) in [5.41, 5.74) is 1.15. The molecule has 21 heavy (non-hydrogen) atoms. The van der Waals surface area contributed by atoms with Gasteiger partial charge in [-0.2, -0.15) is 0 Å². The third-order valence-electron chi connectivity index (χ3n) is 3.78. The van der Waals surface area contributed by atoms with E-state index in [2.05, 4.69) is 4.90 Å². The lowest BCUT2D eigenvalue weighted by molar-refractivity contribution is -0.156. The summed E-state index contributed by atoms with van der Waals surface area (Å²) in [4.78, 5) is 13.1. The number of nitrogens with zero attached hydrogens (tertiary/aromatic N) is 1. The van der Waals surface area contributed by atoms with Gasteiger partial charge in [-0.1, -0.05) is 41.9 Å². The van der Waals surface area contributed by atoms with Crippen molar-refractivity contribution >= 4 is 28.3 Å². The Morgan fingerprint density at radius 1 is 1.29 bits per heavy atom. The van der Waals surface area contributed by atoms with Crippen molar-refractivity contribution in [2.24, 2.45) is 0 Å². The Kier molecular flexibility index (Phi) is 4.10. The minimum Gasteiger partial charge on any atom is -0.479 e. The molecule has 1 unspecified atom stereocenters. The first-order valence-corrected chi connectivity index (χ1v) is 7.26. The highest BCUT2D eigenvalue weighted by Crippen LogP contribution is 2.27. The number of ether oxygens (including phenoxy) is 1. The van der Waals surface area contributed by atoms with Crippen LogP contribution in [0.5, 0.6) is 0 Å². The van der Waals surface area contributed by atoms with Gasteiger partial charge in [0.1, 0.15) is 0 Å². The minimum atomic E-state index is -0.902. The number of fused-ring (bicyclic) bond motifs is 1. The Morgan fingerprint density at radius 2 is 2.05 bits per heavy atom. The molecule has 0 aromatic heterocycles. The highest BCUT2D eigenvalue weighted by atomic mass is 35.5. The van der Waals surface area contributed by atoms with Gasteiger partial charge in [0.05, 0.1) is 6.61 Å². The van der Waals surface area contributed by atoms with Gasteiger partial charge in [-0.05, 0) is 17.0 Å². The fourth-order valence-electron chi connectivity index (χ4n) is 2.70. The van der Waals surface area contributed by atoms with Crippen LogP contribution in [0.25, 0.3) is 10.8 Å². The maximum absolute atomic E-state index is 11.0. The Hall–Kier alpha value is -1.62. The van der Waals surface area contributed by atoms with Gasteiger partial charge in [-0.3, -0.25) is 4.90 Å². The van der Waals surface area contributed by atoms with Gasteiger partial charge < -0.3 is 9.84 Å². The third kappa shape index (κ3) is 3.02. The van der Waals surface area contributed by atoms with Crippen LogP contribution in [0.1, 0.15) is 5.56 Å². The molecule has 2 aromatic carbocycles. The molecule has 5 heteroatoms. The first-order valence-electron chi connectivity index (χ1n) is 6.88. The number of carbonyl (C=O) groups is 1. The SMILES string of the molecule is O=C(O)C1CN(Cc2ccc(Cl)c3ccccc23)CCO1. The van der Waals surface area contributed by atoms with Crippen molar-refractivity contribution in [2.75, 3.05) is 19.7 Å². The molecule has 1 heterocycles. The zero-order valence-corrected chi connectivity index (χ0v) is 12.2. The van der Waals surface area contributed by atoms with Crippen molar-refractivity contribution in [2.45, 2.75) is 12.6 Å². The molecule has 0 aliphatic carbocycles. The van der Waals surface area contributed by atoms with Gasteiger partial charge in [0, 0.05) is 30.0 Å². The monoisotopic (exact) mass is 305 g/mol. The van der Waals surface area contributed by atoms with E-state index < -0.39 is 12.1 Å². The second kappa shape index (κ2) is 6.02. The van der Waals surface area contributed by atoms with Crippen molar-refractivity contribution in [3.05, 3.63) is 47.0 Å². The lowest BCUT2D eigenvalue weighted by Gasteiger charge is -2.31. The number of hydrogen-bond donors (Lipinski definition) is 1. The lowest BCUT2D eigenvalue weighted by atomic mass is 10.0. The number of rotatable bonds is 3. The van der Waals surface area contributed by atoms with Gasteiger partial charge in [-0.25, -0.2) is 4.79 Å². The predicted molar refractivity (Wildman–Crippen MR) is 81.6 cm³/mol. The number of benzene rings is 2. The standard InChI is InChI=1S/C16H16ClNO3/c17-14-6-5-11(12-3-1-2-4-13(12)14)9-18-7-8-21-15(10-18)16(19)20/h1-6,15H,7-10H2,(H,19,20). The molecule has 0 spiro atoms. The number of aliphatic carboxylic acids is 1. The van der Waals surface area contributed by atoms with E-state index in [1.54, 1.807) is 0 Å². The molecule has 110 valence electrons. The molecule has 0 bridgehead atoms. The van der Waals surface area contributed by atoms with E-state index in [0.29, 0.717) is 19.7 Å². The van der Waals surface area contributed by atoms with Gasteiger partial charge in [0.2, 0.25) is 0 Å². The summed E-state index contributed by atoms with van der Waals surface area (Å²) in [7, 11) is 0. The Bertz CT molecular complexity index is 674. The fraction of sp³-hybridized carbons (Fsp3) is 0.312. The molecule has 1 aliphatic heterocycles. The number of hydrogen-bond acceptors (Lipinski definition) is 3. The number of carboxylic acid groups (broad SMARTS) is 1. The molecule has 0 saturated carbocycles. The van der Waals surface area contributed by atoms with Gasteiger partial charge in [0.15, 0.2) is 6.10 Å².